The number of ketones is 1. The molecule has 0 radical (unpaired) electrons. The molecule has 1 aliphatic carbocycles. The molecule has 1 aliphatic rings. The van der Waals surface area contributed by atoms with Crippen molar-refractivity contribution in [3.63, 3.8) is 0 Å². The minimum atomic E-state index is -1.01. The quantitative estimate of drug-likeness (QED) is 0.765. The summed E-state index contributed by atoms with van der Waals surface area (Å²) in [7, 11) is 0. The SMILES string of the molecule is O=C(O)Cc1ccc(O)c(C2=CC(CC(=O)O)CCC2=O)c1. The van der Waals surface area contributed by atoms with Gasteiger partial charge in [-0.05, 0) is 30.0 Å². The molecule has 116 valence electrons. The van der Waals surface area contributed by atoms with Gasteiger partial charge in [0.2, 0.25) is 0 Å². The number of phenolic OH excluding ortho intramolecular Hbond substituents is 1. The number of rotatable bonds is 5. The number of aromatic hydroxyl groups is 1. The van der Waals surface area contributed by atoms with Crippen molar-refractivity contribution in [2.45, 2.75) is 25.7 Å². The van der Waals surface area contributed by atoms with Gasteiger partial charge in [0.15, 0.2) is 5.78 Å². The first-order valence-corrected chi connectivity index (χ1v) is 6.87. The Morgan fingerprint density at radius 2 is 1.91 bits per heavy atom. The lowest BCUT2D eigenvalue weighted by Crippen LogP contribution is -2.16. The van der Waals surface area contributed by atoms with Crippen LogP contribution in [0.4, 0.5) is 0 Å². The number of carbonyl (C=O) groups is 3. The standard InChI is InChI=1S/C16H16O6/c17-13-3-1-9(7-15(19)20)5-11(13)12-6-10(8-16(21)22)2-4-14(12)18/h1,3,5-6,10,17H,2,4,7-8H2,(H,19,20)(H,21,22). The Morgan fingerprint density at radius 1 is 1.18 bits per heavy atom. The van der Waals surface area contributed by atoms with E-state index in [1.54, 1.807) is 6.08 Å². The van der Waals surface area contributed by atoms with Gasteiger partial charge in [0, 0.05) is 17.6 Å². The first-order valence-electron chi connectivity index (χ1n) is 6.87. The summed E-state index contributed by atoms with van der Waals surface area (Å²) >= 11 is 0. The highest BCUT2D eigenvalue weighted by molar-refractivity contribution is 6.22. The predicted octanol–water partition coefficient (Wildman–Crippen LogP) is 1.86. The van der Waals surface area contributed by atoms with Crippen LogP contribution in [0, 0.1) is 5.92 Å². The maximum Gasteiger partial charge on any atom is 0.307 e. The molecule has 1 aromatic carbocycles. The molecule has 0 fully saturated rings. The third-order valence-corrected chi connectivity index (χ3v) is 3.59. The molecule has 0 spiro atoms. The number of hydrogen-bond donors (Lipinski definition) is 3. The van der Waals surface area contributed by atoms with Gasteiger partial charge in [-0.25, -0.2) is 0 Å². The number of allylic oxidation sites excluding steroid dienone is 2. The molecule has 1 aromatic rings. The molecule has 6 nitrogen and oxygen atoms in total. The fourth-order valence-electron chi connectivity index (χ4n) is 2.57. The summed E-state index contributed by atoms with van der Waals surface area (Å²) in [5.41, 5.74) is 0.996. The third kappa shape index (κ3) is 3.72. The molecular formula is C16H16O6. The lowest BCUT2D eigenvalue weighted by atomic mass is 9.84. The first kappa shape index (κ1) is 15.8. The van der Waals surface area contributed by atoms with E-state index >= 15 is 0 Å². The van der Waals surface area contributed by atoms with E-state index in [-0.39, 0.29) is 47.8 Å². The number of carbonyl (C=O) groups excluding carboxylic acids is 1. The zero-order valence-corrected chi connectivity index (χ0v) is 11.8. The largest absolute Gasteiger partial charge is 0.507 e. The maximum atomic E-state index is 12.1. The topological polar surface area (TPSA) is 112 Å². The molecule has 0 aliphatic heterocycles. The highest BCUT2D eigenvalue weighted by Gasteiger charge is 2.25. The lowest BCUT2D eigenvalue weighted by Gasteiger charge is -2.20. The van der Waals surface area contributed by atoms with Crippen molar-refractivity contribution < 1.29 is 29.7 Å². The van der Waals surface area contributed by atoms with Crippen LogP contribution in [0.2, 0.25) is 0 Å². The third-order valence-electron chi connectivity index (χ3n) is 3.59. The summed E-state index contributed by atoms with van der Waals surface area (Å²) in [5.74, 6) is -2.52. The van der Waals surface area contributed by atoms with Gasteiger partial charge in [0.1, 0.15) is 5.75 Å². The maximum absolute atomic E-state index is 12.1. The summed E-state index contributed by atoms with van der Waals surface area (Å²) in [4.78, 5) is 33.6. The highest BCUT2D eigenvalue weighted by Crippen LogP contribution is 2.34. The number of carboxylic acids is 2. The Morgan fingerprint density at radius 3 is 2.55 bits per heavy atom. The van der Waals surface area contributed by atoms with Crippen molar-refractivity contribution in [2.75, 3.05) is 0 Å². The van der Waals surface area contributed by atoms with Crippen molar-refractivity contribution in [3.05, 3.63) is 35.4 Å². The summed E-state index contributed by atoms with van der Waals surface area (Å²) in [6.45, 7) is 0. The molecule has 22 heavy (non-hydrogen) atoms. The molecule has 0 aromatic heterocycles. The minimum Gasteiger partial charge on any atom is -0.507 e. The number of aliphatic carboxylic acids is 2. The first-order chi connectivity index (χ1) is 10.4. The van der Waals surface area contributed by atoms with Crippen LogP contribution in [0.1, 0.15) is 30.4 Å². The Kier molecular flexibility index (Phi) is 4.60. The number of Topliss-reactive ketones (excluding diaryl/α,β-unsaturated/α-hetero) is 1. The van der Waals surface area contributed by atoms with Crippen LogP contribution in [-0.4, -0.2) is 33.0 Å². The van der Waals surface area contributed by atoms with E-state index in [0.29, 0.717) is 12.0 Å². The molecule has 1 atom stereocenters. The molecule has 2 rings (SSSR count). The highest BCUT2D eigenvalue weighted by atomic mass is 16.4. The molecule has 0 heterocycles. The second-order valence-corrected chi connectivity index (χ2v) is 5.32. The van der Waals surface area contributed by atoms with E-state index in [0.717, 1.165) is 0 Å². The average molecular weight is 304 g/mol. The van der Waals surface area contributed by atoms with Crippen molar-refractivity contribution in [3.8, 4) is 5.75 Å². The van der Waals surface area contributed by atoms with Gasteiger partial charge in [0.05, 0.1) is 12.8 Å². The van der Waals surface area contributed by atoms with Crippen molar-refractivity contribution in [1.29, 1.82) is 0 Å². The van der Waals surface area contributed by atoms with Crippen LogP contribution in [-0.2, 0) is 20.8 Å². The summed E-state index contributed by atoms with van der Waals surface area (Å²) in [6.07, 6.45) is 1.95. The predicted molar refractivity (Wildman–Crippen MR) is 77.4 cm³/mol. The van der Waals surface area contributed by atoms with Gasteiger partial charge >= 0.3 is 11.9 Å². The van der Waals surface area contributed by atoms with Crippen molar-refractivity contribution in [2.24, 2.45) is 5.92 Å². The van der Waals surface area contributed by atoms with E-state index in [1.165, 1.54) is 18.2 Å². The van der Waals surface area contributed by atoms with E-state index in [2.05, 4.69) is 0 Å². The Balaban J connectivity index is 2.39. The van der Waals surface area contributed by atoms with E-state index < -0.39 is 11.9 Å². The summed E-state index contributed by atoms with van der Waals surface area (Å²) < 4.78 is 0. The van der Waals surface area contributed by atoms with Gasteiger partial charge in [-0.3, -0.25) is 14.4 Å². The van der Waals surface area contributed by atoms with Gasteiger partial charge in [-0.1, -0.05) is 12.1 Å². The number of carboxylic acid groups (broad SMARTS) is 2. The second-order valence-electron chi connectivity index (χ2n) is 5.32. The second kappa shape index (κ2) is 6.43. The molecular weight excluding hydrogens is 288 g/mol. The Hall–Kier alpha value is -2.63. The fourth-order valence-corrected chi connectivity index (χ4v) is 2.57. The fraction of sp³-hybridized carbons (Fsp3) is 0.312. The summed E-state index contributed by atoms with van der Waals surface area (Å²) in [6, 6.07) is 4.30. The van der Waals surface area contributed by atoms with Crippen molar-refractivity contribution in [1.82, 2.24) is 0 Å². The number of benzene rings is 1. The van der Waals surface area contributed by atoms with Crippen LogP contribution >= 0.6 is 0 Å². The van der Waals surface area contributed by atoms with E-state index in [9.17, 15) is 19.5 Å². The van der Waals surface area contributed by atoms with Gasteiger partial charge in [-0.15, -0.1) is 0 Å². The normalized spacial score (nSPS) is 17.9. The molecule has 0 saturated carbocycles. The van der Waals surface area contributed by atoms with E-state index in [4.69, 9.17) is 10.2 Å². The number of hydrogen-bond acceptors (Lipinski definition) is 4. The molecule has 3 N–H and O–H groups in total. The van der Waals surface area contributed by atoms with Crippen LogP contribution in [0.5, 0.6) is 5.75 Å². The van der Waals surface area contributed by atoms with Crippen LogP contribution in [0.25, 0.3) is 5.57 Å². The lowest BCUT2D eigenvalue weighted by molar-refractivity contribution is -0.138. The minimum absolute atomic E-state index is 0.0770. The number of phenols is 1. The smallest absolute Gasteiger partial charge is 0.307 e. The van der Waals surface area contributed by atoms with Crippen LogP contribution < -0.4 is 0 Å². The van der Waals surface area contributed by atoms with Gasteiger partial charge < -0.3 is 15.3 Å². The van der Waals surface area contributed by atoms with E-state index in [1.807, 2.05) is 0 Å². The molecule has 0 saturated heterocycles. The van der Waals surface area contributed by atoms with Crippen molar-refractivity contribution >= 4 is 23.3 Å². The van der Waals surface area contributed by atoms with Gasteiger partial charge in [-0.2, -0.15) is 0 Å². The monoisotopic (exact) mass is 304 g/mol. The van der Waals surface area contributed by atoms with Crippen LogP contribution in [0.15, 0.2) is 24.3 Å². The molecule has 0 bridgehead atoms. The summed E-state index contributed by atoms with van der Waals surface area (Å²) in [5, 5.41) is 27.6. The zero-order valence-electron chi connectivity index (χ0n) is 11.8. The Bertz CT molecular complexity index is 659. The zero-order chi connectivity index (χ0) is 16.3. The van der Waals surface area contributed by atoms with Gasteiger partial charge in [0.25, 0.3) is 0 Å². The molecule has 0 amide bonds. The van der Waals surface area contributed by atoms with Crippen LogP contribution in [0.3, 0.4) is 0 Å². The molecule has 1 unspecified atom stereocenters. The average Bonchev–Trinajstić information content (AvgIpc) is 2.42. The molecule has 6 heteroatoms. The Labute approximate surface area is 126 Å².